The number of halogens is 3. The van der Waals surface area contributed by atoms with Gasteiger partial charge in [0.25, 0.3) is 0 Å². The lowest BCUT2D eigenvalue weighted by Crippen LogP contribution is -2.16. The van der Waals surface area contributed by atoms with Crippen molar-refractivity contribution in [2.45, 2.75) is 30.2 Å². The fourth-order valence-corrected chi connectivity index (χ4v) is 1.71. The number of nitrogens with zero attached hydrogens (tertiary/aromatic N) is 3. The van der Waals surface area contributed by atoms with E-state index in [1.165, 1.54) is 0 Å². The zero-order valence-electron chi connectivity index (χ0n) is 7.84. The van der Waals surface area contributed by atoms with E-state index in [4.69, 9.17) is 40.5 Å². The Morgan fingerprint density at radius 3 is 2.36 bits per heavy atom. The van der Waals surface area contributed by atoms with Crippen molar-refractivity contribution in [2.75, 3.05) is 0 Å². The van der Waals surface area contributed by atoms with Crippen LogP contribution in [0.3, 0.4) is 0 Å². The Morgan fingerprint density at radius 1 is 1.43 bits per heavy atom. The Kier molecular flexibility index (Phi) is 3.63. The average molecular weight is 258 g/mol. The van der Waals surface area contributed by atoms with Crippen LogP contribution in [0.15, 0.2) is 0 Å². The molecule has 0 fully saturated rings. The van der Waals surface area contributed by atoms with Crippen LogP contribution in [0.25, 0.3) is 0 Å². The Bertz CT molecular complexity index is 315. The second kappa shape index (κ2) is 4.23. The molecule has 0 unspecified atom stereocenters. The molecule has 0 amide bonds. The molecule has 0 aliphatic rings. The molecule has 0 saturated heterocycles. The van der Waals surface area contributed by atoms with Gasteiger partial charge in [0.2, 0.25) is 3.79 Å². The summed E-state index contributed by atoms with van der Waals surface area (Å²) in [4.78, 5) is 0. The quantitative estimate of drug-likeness (QED) is 0.826. The first kappa shape index (κ1) is 12.0. The van der Waals surface area contributed by atoms with Crippen LogP contribution in [-0.4, -0.2) is 15.0 Å². The van der Waals surface area contributed by atoms with Crippen LogP contribution in [0.1, 0.15) is 31.3 Å². The molecule has 2 N–H and O–H groups in total. The summed E-state index contributed by atoms with van der Waals surface area (Å²) in [5, 5.41) is 7.74. The van der Waals surface area contributed by atoms with E-state index >= 15 is 0 Å². The largest absolute Gasteiger partial charge is 0.325 e. The number of hydrogen-bond donors (Lipinski definition) is 1. The summed E-state index contributed by atoms with van der Waals surface area (Å²) >= 11 is 17.4. The lowest BCUT2D eigenvalue weighted by atomic mass is 10.3. The van der Waals surface area contributed by atoms with Crippen LogP contribution >= 0.6 is 34.8 Å². The summed E-state index contributed by atoms with van der Waals surface area (Å²) in [5.74, 6) is 0. The Balaban J connectivity index is 3.27. The van der Waals surface area contributed by atoms with Crippen LogP contribution < -0.4 is 5.73 Å². The topological polar surface area (TPSA) is 56.7 Å². The number of alkyl halides is 3. The predicted molar refractivity (Wildman–Crippen MR) is 57.5 cm³/mol. The van der Waals surface area contributed by atoms with Crippen molar-refractivity contribution >= 4 is 34.8 Å². The van der Waals surface area contributed by atoms with E-state index in [2.05, 4.69) is 10.3 Å². The molecule has 0 aromatic carbocycles. The predicted octanol–water partition coefficient (Wildman–Crippen LogP) is 2.14. The van der Waals surface area contributed by atoms with Gasteiger partial charge in [-0.1, -0.05) is 40.0 Å². The highest BCUT2D eigenvalue weighted by Gasteiger charge is 2.32. The first-order chi connectivity index (χ1) is 6.38. The second-order valence-corrected chi connectivity index (χ2v) is 5.41. The Hall–Kier alpha value is -0.0300. The monoisotopic (exact) mass is 256 g/mol. The highest BCUT2D eigenvalue weighted by Crippen LogP contribution is 2.40. The summed E-state index contributed by atoms with van der Waals surface area (Å²) < 4.78 is 0.0255. The van der Waals surface area contributed by atoms with Crippen LogP contribution in [0, 0.1) is 0 Å². The molecule has 1 aromatic rings. The van der Waals surface area contributed by atoms with Crippen LogP contribution in [0.4, 0.5) is 0 Å². The smallest absolute Gasteiger partial charge is 0.234 e. The van der Waals surface area contributed by atoms with Crippen molar-refractivity contribution in [2.24, 2.45) is 5.73 Å². The van der Waals surface area contributed by atoms with E-state index in [-0.39, 0.29) is 12.6 Å². The fourth-order valence-electron chi connectivity index (χ4n) is 1.12. The molecule has 0 bridgehead atoms. The molecule has 0 saturated carbocycles. The molecule has 80 valence electrons. The maximum atomic E-state index is 5.81. The summed E-state index contributed by atoms with van der Waals surface area (Å²) in [6, 6.07) is 0.0772. The number of aromatic nitrogens is 3. The first-order valence-electron chi connectivity index (χ1n) is 4.09. The lowest BCUT2D eigenvalue weighted by Gasteiger charge is -2.16. The highest BCUT2D eigenvalue weighted by molar-refractivity contribution is 6.66. The van der Waals surface area contributed by atoms with Gasteiger partial charge in [0.1, 0.15) is 11.4 Å². The van der Waals surface area contributed by atoms with Gasteiger partial charge in [0.05, 0.1) is 0 Å². The van der Waals surface area contributed by atoms with Crippen LogP contribution in [0.2, 0.25) is 0 Å². The van der Waals surface area contributed by atoms with Crippen molar-refractivity contribution in [1.82, 2.24) is 15.0 Å². The van der Waals surface area contributed by atoms with Crippen molar-refractivity contribution in [1.29, 1.82) is 0 Å². The zero-order valence-corrected chi connectivity index (χ0v) is 10.1. The van der Waals surface area contributed by atoms with Gasteiger partial charge in [-0.25, -0.2) is 4.68 Å². The average Bonchev–Trinajstić information content (AvgIpc) is 2.45. The normalized spacial score (nSPS) is 12.5. The molecule has 14 heavy (non-hydrogen) atoms. The van der Waals surface area contributed by atoms with Crippen molar-refractivity contribution in [3.8, 4) is 0 Å². The van der Waals surface area contributed by atoms with E-state index in [0.29, 0.717) is 11.4 Å². The molecule has 1 rings (SSSR count). The third kappa shape index (κ3) is 2.31. The molecule has 0 radical (unpaired) electrons. The minimum atomic E-state index is -1.54. The summed E-state index contributed by atoms with van der Waals surface area (Å²) in [6.07, 6.45) is 0. The van der Waals surface area contributed by atoms with E-state index < -0.39 is 3.79 Å². The van der Waals surface area contributed by atoms with Crippen molar-refractivity contribution in [3.05, 3.63) is 11.4 Å². The summed E-state index contributed by atoms with van der Waals surface area (Å²) in [5.41, 5.74) is 6.43. The summed E-state index contributed by atoms with van der Waals surface area (Å²) in [6.45, 7) is 4.06. The summed E-state index contributed by atoms with van der Waals surface area (Å²) in [7, 11) is 0. The SMILES string of the molecule is CC(C)n1nnc(CN)c1C(Cl)(Cl)Cl. The van der Waals surface area contributed by atoms with Crippen molar-refractivity contribution < 1.29 is 0 Å². The Morgan fingerprint density at radius 2 is 2.00 bits per heavy atom. The third-order valence-electron chi connectivity index (χ3n) is 1.72. The van der Waals surface area contributed by atoms with E-state index in [1.807, 2.05) is 13.8 Å². The highest BCUT2D eigenvalue weighted by atomic mass is 35.6. The van der Waals surface area contributed by atoms with E-state index in [0.717, 1.165) is 0 Å². The molecule has 1 aromatic heterocycles. The fraction of sp³-hybridized carbons (Fsp3) is 0.714. The first-order valence-corrected chi connectivity index (χ1v) is 5.22. The van der Waals surface area contributed by atoms with Gasteiger partial charge in [-0.15, -0.1) is 5.10 Å². The third-order valence-corrected chi connectivity index (χ3v) is 2.25. The minimum absolute atomic E-state index is 0.0772. The van der Waals surface area contributed by atoms with Crippen LogP contribution in [-0.2, 0) is 10.3 Å². The lowest BCUT2D eigenvalue weighted by molar-refractivity contribution is 0.496. The molecular formula is C7H11Cl3N4. The van der Waals surface area contributed by atoms with Gasteiger partial charge in [0.15, 0.2) is 0 Å². The van der Waals surface area contributed by atoms with E-state index in [1.54, 1.807) is 4.68 Å². The number of rotatable bonds is 2. The van der Waals surface area contributed by atoms with Gasteiger partial charge in [-0.3, -0.25) is 0 Å². The second-order valence-electron chi connectivity index (χ2n) is 3.12. The molecule has 0 aliphatic carbocycles. The van der Waals surface area contributed by atoms with Gasteiger partial charge in [0, 0.05) is 12.6 Å². The zero-order chi connectivity index (χ0) is 10.9. The number of hydrogen-bond acceptors (Lipinski definition) is 3. The molecule has 0 spiro atoms. The molecule has 4 nitrogen and oxygen atoms in total. The standard InChI is InChI=1S/C7H11Cl3N4/c1-4(2)14-6(7(8,9)10)5(3-11)12-13-14/h4H,3,11H2,1-2H3. The minimum Gasteiger partial charge on any atom is -0.325 e. The van der Waals surface area contributed by atoms with Crippen LogP contribution in [0.5, 0.6) is 0 Å². The van der Waals surface area contributed by atoms with Gasteiger partial charge >= 0.3 is 0 Å². The molecule has 0 atom stereocenters. The maximum Gasteiger partial charge on any atom is 0.234 e. The molecule has 0 aliphatic heterocycles. The molecular weight excluding hydrogens is 246 g/mol. The Labute approximate surface area is 97.3 Å². The molecule has 1 heterocycles. The molecule has 7 heteroatoms. The maximum absolute atomic E-state index is 5.81. The van der Waals surface area contributed by atoms with Gasteiger partial charge < -0.3 is 5.73 Å². The number of nitrogens with two attached hydrogens (primary N) is 1. The van der Waals surface area contributed by atoms with E-state index in [9.17, 15) is 0 Å². The van der Waals surface area contributed by atoms with Gasteiger partial charge in [-0.2, -0.15) is 0 Å². The van der Waals surface area contributed by atoms with Crippen molar-refractivity contribution in [3.63, 3.8) is 0 Å². The van der Waals surface area contributed by atoms with Gasteiger partial charge in [-0.05, 0) is 13.8 Å².